The molecule has 0 amide bonds. The van der Waals surface area contributed by atoms with Crippen LogP contribution < -0.4 is 0 Å². The average Bonchev–Trinajstić information content (AvgIpc) is 2.41. The summed E-state index contributed by atoms with van der Waals surface area (Å²) in [5.74, 6) is 0. The van der Waals surface area contributed by atoms with Crippen LogP contribution in [-0.4, -0.2) is 4.98 Å². The molecule has 90 valence electrons. The lowest BCUT2D eigenvalue weighted by atomic mass is 9.90. The zero-order valence-corrected chi connectivity index (χ0v) is 11.0. The van der Waals surface area contributed by atoms with Crippen LogP contribution in [0.15, 0.2) is 12.1 Å². The molecule has 0 saturated heterocycles. The van der Waals surface area contributed by atoms with Gasteiger partial charge in [0.1, 0.15) is 6.07 Å². The van der Waals surface area contributed by atoms with Gasteiger partial charge in [0.15, 0.2) is 0 Å². The fraction of sp³-hybridized carbons (Fsp3) is 0.333. The number of rotatable bonds is 0. The lowest BCUT2D eigenvalue weighted by molar-refractivity contribution is 0.670. The molecule has 18 heavy (non-hydrogen) atoms. The van der Waals surface area contributed by atoms with E-state index < -0.39 is 0 Å². The molecule has 0 atom stereocenters. The Morgan fingerprint density at radius 1 is 1.28 bits per heavy atom. The number of benzene rings is 1. The minimum Gasteiger partial charge on any atom is -0.252 e. The number of hydrogen-bond donors (Lipinski definition) is 0. The van der Waals surface area contributed by atoms with Gasteiger partial charge in [0.05, 0.1) is 11.1 Å². The fourth-order valence-corrected chi connectivity index (χ4v) is 2.88. The van der Waals surface area contributed by atoms with Gasteiger partial charge in [0, 0.05) is 16.1 Å². The van der Waals surface area contributed by atoms with Crippen molar-refractivity contribution in [3.8, 4) is 6.07 Å². The van der Waals surface area contributed by atoms with Gasteiger partial charge in [-0.25, -0.2) is 0 Å². The Labute approximate surface area is 111 Å². The first-order valence-electron chi connectivity index (χ1n) is 6.23. The zero-order chi connectivity index (χ0) is 12.7. The highest BCUT2D eigenvalue weighted by atomic mass is 35.5. The fourth-order valence-electron chi connectivity index (χ4n) is 2.73. The molecule has 0 saturated carbocycles. The third-order valence-corrected chi connectivity index (χ3v) is 4.14. The van der Waals surface area contributed by atoms with Crippen molar-refractivity contribution in [3.63, 3.8) is 0 Å². The van der Waals surface area contributed by atoms with Crippen molar-refractivity contribution in [2.75, 3.05) is 0 Å². The largest absolute Gasteiger partial charge is 0.252 e. The quantitative estimate of drug-likeness (QED) is 0.716. The summed E-state index contributed by atoms with van der Waals surface area (Å²) in [6.07, 6.45) is 4.27. The van der Waals surface area contributed by atoms with Crippen LogP contribution >= 0.6 is 11.6 Å². The monoisotopic (exact) mass is 256 g/mol. The molecule has 0 aliphatic heterocycles. The number of pyridine rings is 1. The maximum atomic E-state index is 9.44. The number of halogens is 1. The molecule has 0 N–H and O–H groups in total. The van der Waals surface area contributed by atoms with Gasteiger partial charge in [-0.2, -0.15) is 5.26 Å². The first-order valence-corrected chi connectivity index (χ1v) is 6.61. The van der Waals surface area contributed by atoms with E-state index >= 15 is 0 Å². The van der Waals surface area contributed by atoms with Gasteiger partial charge in [-0.1, -0.05) is 11.6 Å². The summed E-state index contributed by atoms with van der Waals surface area (Å²) in [7, 11) is 0. The highest BCUT2D eigenvalue weighted by molar-refractivity contribution is 6.32. The lowest BCUT2D eigenvalue weighted by Gasteiger charge is -2.18. The molecular formula is C15H13ClN2. The Morgan fingerprint density at radius 2 is 2.06 bits per heavy atom. The summed E-state index contributed by atoms with van der Waals surface area (Å²) in [5.41, 5.74) is 4.90. The van der Waals surface area contributed by atoms with Gasteiger partial charge in [0.2, 0.25) is 0 Å². The summed E-state index contributed by atoms with van der Waals surface area (Å²) in [4.78, 5) is 4.75. The Balaban J connectivity index is 2.45. The van der Waals surface area contributed by atoms with E-state index in [0.717, 1.165) is 64.0 Å². The maximum Gasteiger partial charge on any atom is 0.100 e. The summed E-state index contributed by atoms with van der Waals surface area (Å²) >= 11 is 6.14. The molecule has 3 rings (SSSR count). The van der Waals surface area contributed by atoms with Crippen molar-refractivity contribution in [2.24, 2.45) is 0 Å². The second-order valence-corrected chi connectivity index (χ2v) is 5.21. The van der Waals surface area contributed by atoms with Crippen molar-refractivity contribution < 1.29 is 0 Å². The number of aryl methyl sites for hydroxylation is 2. The van der Waals surface area contributed by atoms with Crippen LogP contribution in [0.2, 0.25) is 5.02 Å². The molecular weight excluding hydrogens is 244 g/mol. The molecule has 2 aromatic rings. The van der Waals surface area contributed by atoms with Crippen LogP contribution in [0.1, 0.15) is 35.2 Å². The molecule has 0 unspecified atom stereocenters. The van der Waals surface area contributed by atoms with Crippen LogP contribution in [0.4, 0.5) is 0 Å². The summed E-state index contributed by atoms with van der Waals surface area (Å²) < 4.78 is 0. The molecule has 2 nitrogen and oxygen atoms in total. The van der Waals surface area contributed by atoms with Crippen molar-refractivity contribution in [2.45, 2.75) is 32.6 Å². The Kier molecular flexibility index (Phi) is 2.72. The topological polar surface area (TPSA) is 36.7 Å². The van der Waals surface area contributed by atoms with E-state index in [4.69, 9.17) is 16.6 Å². The Hall–Kier alpha value is -1.59. The summed E-state index contributed by atoms with van der Waals surface area (Å²) in [6, 6.07) is 6.14. The van der Waals surface area contributed by atoms with Crippen LogP contribution in [0, 0.1) is 18.3 Å². The van der Waals surface area contributed by atoms with E-state index in [1.807, 2.05) is 19.1 Å². The predicted molar refractivity (Wildman–Crippen MR) is 72.8 cm³/mol. The number of nitrogens with zero attached hydrogens (tertiary/aromatic N) is 2. The summed E-state index contributed by atoms with van der Waals surface area (Å²) in [5, 5.41) is 11.1. The molecule has 1 heterocycles. The molecule has 1 aliphatic carbocycles. The van der Waals surface area contributed by atoms with E-state index in [0.29, 0.717) is 0 Å². The third kappa shape index (κ3) is 1.59. The molecule has 0 fully saturated rings. The van der Waals surface area contributed by atoms with Gasteiger partial charge in [0.25, 0.3) is 0 Å². The molecule has 0 spiro atoms. The zero-order valence-electron chi connectivity index (χ0n) is 10.3. The van der Waals surface area contributed by atoms with E-state index in [1.165, 1.54) is 0 Å². The van der Waals surface area contributed by atoms with Crippen LogP contribution in [0.5, 0.6) is 0 Å². The van der Waals surface area contributed by atoms with E-state index in [2.05, 4.69) is 6.07 Å². The van der Waals surface area contributed by atoms with Gasteiger partial charge < -0.3 is 0 Å². The van der Waals surface area contributed by atoms with Gasteiger partial charge in [-0.05, 0) is 55.9 Å². The molecule has 1 aromatic heterocycles. The second kappa shape index (κ2) is 4.26. The van der Waals surface area contributed by atoms with Crippen molar-refractivity contribution >= 4 is 22.5 Å². The van der Waals surface area contributed by atoms with Crippen LogP contribution in [-0.2, 0) is 12.8 Å². The molecule has 1 aliphatic rings. The standard InChI is InChI=1S/C15H13ClN2/c1-9-13(16)7-6-11-12(8-17)10-4-2-3-5-14(10)18-15(9)11/h6-7H,2-5H2,1H3. The second-order valence-electron chi connectivity index (χ2n) is 4.80. The third-order valence-electron chi connectivity index (χ3n) is 3.73. The highest BCUT2D eigenvalue weighted by Gasteiger charge is 2.19. The van der Waals surface area contributed by atoms with Crippen molar-refractivity contribution in [1.29, 1.82) is 5.26 Å². The molecule has 0 radical (unpaired) electrons. The first-order chi connectivity index (χ1) is 8.72. The average molecular weight is 257 g/mol. The molecule has 0 bridgehead atoms. The van der Waals surface area contributed by atoms with Crippen LogP contribution in [0.25, 0.3) is 10.9 Å². The minimum atomic E-state index is 0.717. The normalized spacial score (nSPS) is 14.3. The number of hydrogen-bond acceptors (Lipinski definition) is 2. The number of fused-ring (bicyclic) bond motifs is 2. The van der Waals surface area contributed by atoms with E-state index in [1.54, 1.807) is 0 Å². The van der Waals surface area contributed by atoms with E-state index in [-0.39, 0.29) is 0 Å². The number of aromatic nitrogens is 1. The number of nitriles is 1. The van der Waals surface area contributed by atoms with Crippen LogP contribution in [0.3, 0.4) is 0 Å². The molecule has 3 heteroatoms. The Bertz CT molecular complexity index is 683. The minimum absolute atomic E-state index is 0.717. The first kappa shape index (κ1) is 11.5. The maximum absolute atomic E-state index is 9.44. The van der Waals surface area contributed by atoms with Crippen molar-refractivity contribution in [3.05, 3.63) is 39.5 Å². The SMILES string of the molecule is Cc1c(Cl)ccc2c(C#N)c3c(nc12)CCCC3. The van der Waals surface area contributed by atoms with Gasteiger partial charge in [-0.3, -0.25) is 4.98 Å². The summed E-state index contributed by atoms with van der Waals surface area (Å²) in [6.45, 7) is 1.97. The highest BCUT2D eigenvalue weighted by Crippen LogP contribution is 2.32. The van der Waals surface area contributed by atoms with Gasteiger partial charge >= 0.3 is 0 Å². The predicted octanol–water partition coefficient (Wildman–Crippen LogP) is 3.95. The smallest absolute Gasteiger partial charge is 0.100 e. The van der Waals surface area contributed by atoms with E-state index in [9.17, 15) is 5.26 Å². The lowest BCUT2D eigenvalue weighted by Crippen LogP contribution is -2.09. The van der Waals surface area contributed by atoms with Crippen molar-refractivity contribution in [1.82, 2.24) is 4.98 Å². The molecule has 1 aromatic carbocycles. The van der Waals surface area contributed by atoms with Gasteiger partial charge in [-0.15, -0.1) is 0 Å². The Morgan fingerprint density at radius 3 is 2.83 bits per heavy atom.